The lowest BCUT2D eigenvalue weighted by Gasteiger charge is -2.40. The molecule has 0 aromatic heterocycles. The minimum Gasteiger partial charge on any atom is -0.0694 e. The molecule has 268 valence electrons. The maximum Gasteiger partial charge on any atom is 0.117 e. The van der Waals surface area contributed by atoms with Gasteiger partial charge in [-0.1, -0.05) is 267 Å². The zero-order chi connectivity index (χ0) is 35.9. The predicted octanol–water partition coefficient (Wildman–Crippen LogP) is 11.4. The smallest absolute Gasteiger partial charge is 0.0694 e. The quantitative estimate of drug-likeness (QED) is 0.182. The second kappa shape index (κ2) is 16.5. The Morgan fingerprint density at radius 2 is 0.400 bits per heavy atom. The van der Waals surface area contributed by atoms with Crippen molar-refractivity contribution in [3.8, 4) is 0 Å². The van der Waals surface area contributed by atoms with Crippen LogP contribution >= 0.6 is 0 Å². The first-order valence-electron chi connectivity index (χ1n) is 19.9. The van der Waals surface area contributed by atoms with Crippen LogP contribution in [0.25, 0.3) is 0 Å². The second-order valence-electron chi connectivity index (χ2n) is 19.3. The minimum absolute atomic E-state index is 1.40. The molecule has 1 saturated heterocycles. The van der Waals surface area contributed by atoms with Gasteiger partial charge in [0.15, 0.2) is 0 Å². The Morgan fingerprint density at radius 1 is 0.240 bits per heavy atom. The molecule has 1 aliphatic rings. The third-order valence-electron chi connectivity index (χ3n) is 13.2. The van der Waals surface area contributed by atoms with Gasteiger partial charge in [-0.05, 0) is 0 Å². The molecule has 0 bridgehead atoms. The van der Waals surface area contributed by atoms with Gasteiger partial charge in [0.1, 0.15) is 16.1 Å². The Bertz CT molecular complexity index is 1350. The van der Waals surface area contributed by atoms with Crippen molar-refractivity contribution < 1.29 is 0 Å². The fourth-order valence-corrected chi connectivity index (χ4v) is 45.1. The summed E-state index contributed by atoms with van der Waals surface area (Å²) in [5, 5.41) is 6.79. The van der Waals surface area contributed by atoms with Crippen molar-refractivity contribution in [1.29, 1.82) is 0 Å². The number of benzene rings is 4. The van der Waals surface area contributed by atoms with Crippen LogP contribution in [0, 0.1) is 0 Å². The van der Waals surface area contributed by atoms with Crippen LogP contribution in [0.15, 0.2) is 121 Å². The largest absolute Gasteiger partial charge is 0.117 e. The molecule has 0 spiro atoms. The van der Waals surface area contributed by atoms with Crippen molar-refractivity contribution in [2.45, 2.75) is 125 Å². The van der Waals surface area contributed by atoms with Gasteiger partial charge in [-0.15, -0.1) is 0 Å². The van der Waals surface area contributed by atoms with E-state index in [2.05, 4.69) is 174 Å². The topological polar surface area (TPSA) is 0 Å². The molecule has 4 aromatic carbocycles. The maximum atomic E-state index is 2.75. The van der Waals surface area contributed by atoms with Crippen molar-refractivity contribution >= 4 is 69.2 Å². The standard InChI is InChI=1S/C44H68Si6/c1-45(2)29-30-46(3,4)34-39-50(43-25-17-11-18-26-43,44-27-19-12-20-28-44)40-36-48(7,8)32-31-47(5,6)35-38-49(37-33-45,41-21-13-9-14-22-41)42-23-15-10-16-24-42/h9-28H,29-40H2,1-8H3. The number of hydrogen-bond donors (Lipinski definition) is 0. The van der Waals surface area contributed by atoms with Gasteiger partial charge in [0.2, 0.25) is 0 Å². The Hall–Kier alpha value is -1.82. The zero-order valence-electron chi connectivity index (χ0n) is 33.0. The molecule has 0 saturated carbocycles. The first kappa shape index (κ1) is 39.4. The minimum atomic E-state index is -1.93. The molecular weight excluding hydrogens is 697 g/mol. The van der Waals surface area contributed by atoms with Crippen molar-refractivity contribution in [2.24, 2.45) is 0 Å². The van der Waals surface area contributed by atoms with Crippen LogP contribution in [0.3, 0.4) is 0 Å². The van der Waals surface area contributed by atoms with E-state index in [9.17, 15) is 0 Å². The summed E-state index contributed by atoms with van der Waals surface area (Å²) in [6, 6.07) is 65.5. The predicted molar refractivity (Wildman–Crippen MR) is 243 cm³/mol. The summed E-state index contributed by atoms with van der Waals surface area (Å²) in [6.45, 7) is 22.0. The van der Waals surface area contributed by atoms with Crippen molar-refractivity contribution in [1.82, 2.24) is 0 Å². The van der Waals surface area contributed by atoms with Gasteiger partial charge in [0, 0.05) is 32.3 Å². The van der Waals surface area contributed by atoms with E-state index in [1.54, 1.807) is 20.7 Å². The summed E-state index contributed by atoms with van der Waals surface area (Å²) in [5.41, 5.74) is 0. The Labute approximate surface area is 313 Å². The van der Waals surface area contributed by atoms with Crippen LogP contribution in [-0.4, -0.2) is 48.4 Å². The molecule has 6 heteroatoms. The van der Waals surface area contributed by atoms with Gasteiger partial charge in [-0.25, -0.2) is 0 Å². The third kappa shape index (κ3) is 10.2. The van der Waals surface area contributed by atoms with Gasteiger partial charge in [0.05, 0.1) is 0 Å². The summed E-state index contributed by atoms with van der Waals surface area (Å²) < 4.78 is 0. The molecule has 1 aliphatic heterocycles. The third-order valence-corrected chi connectivity index (χ3v) is 39.2. The van der Waals surface area contributed by atoms with Crippen molar-refractivity contribution in [2.75, 3.05) is 0 Å². The molecule has 4 aromatic rings. The van der Waals surface area contributed by atoms with E-state index in [4.69, 9.17) is 0 Å². The molecule has 0 amide bonds. The van der Waals surface area contributed by atoms with Gasteiger partial charge < -0.3 is 0 Å². The normalized spacial score (nSPS) is 22.4. The average Bonchev–Trinajstić information content (AvgIpc) is 3.12. The summed E-state index contributed by atoms with van der Waals surface area (Å²) in [5.74, 6) is 0. The highest BCUT2D eigenvalue weighted by molar-refractivity contribution is 7.05. The van der Waals surface area contributed by atoms with Gasteiger partial charge in [0.25, 0.3) is 0 Å². The van der Waals surface area contributed by atoms with Crippen LogP contribution < -0.4 is 20.7 Å². The molecule has 5 rings (SSSR count). The molecule has 1 heterocycles. The highest BCUT2D eigenvalue weighted by Gasteiger charge is 2.43. The highest BCUT2D eigenvalue weighted by atomic mass is 28.3. The van der Waals surface area contributed by atoms with E-state index in [0.717, 1.165) is 0 Å². The summed E-state index contributed by atoms with van der Waals surface area (Å²) in [7, 11) is -9.45. The molecule has 0 atom stereocenters. The molecule has 0 aliphatic carbocycles. The maximum absolute atomic E-state index is 2.75. The molecular formula is C44H68Si6. The van der Waals surface area contributed by atoms with Crippen LogP contribution in [0.5, 0.6) is 0 Å². The van der Waals surface area contributed by atoms with Crippen molar-refractivity contribution in [3.05, 3.63) is 121 Å². The fraction of sp³-hybridized carbons (Fsp3) is 0.455. The van der Waals surface area contributed by atoms with E-state index in [-0.39, 0.29) is 0 Å². The van der Waals surface area contributed by atoms with Crippen LogP contribution in [0.1, 0.15) is 0 Å². The van der Waals surface area contributed by atoms with E-state index in [1.807, 2.05) is 0 Å². The molecule has 0 radical (unpaired) electrons. The molecule has 50 heavy (non-hydrogen) atoms. The number of hydrogen-bond acceptors (Lipinski definition) is 0. The van der Waals surface area contributed by atoms with Gasteiger partial charge in [-0.3, -0.25) is 0 Å². The van der Waals surface area contributed by atoms with Gasteiger partial charge in [-0.2, -0.15) is 0 Å². The lowest BCUT2D eigenvalue weighted by atomic mass is 10.4. The van der Waals surface area contributed by atoms with E-state index in [0.29, 0.717) is 0 Å². The molecule has 1 fully saturated rings. The fourth-order valence-electron chi connectivity index (χ4n) is 8.83. The van der Waals surface area contributed by atoms with Crippen LogP contribution in [0.4, 0.5) is 0 Å². The first-order chi connectivity index (χ1) is 23.7. The SMILES string of the molecule is C[Si]1(C)CC[Si](C)(C)CC[Si](c2ccccc2)(c2ccccc2)CC[Si](C)(C)CC[Si](C)(C)CC[Si](c2ccccc2)(c2ccccc2)CC1. The molecule has 0 N–H and O–H groups in total. The van der Waals surface area contributed by atoms with E-state index in [1.165, 1.54) is 72.5 Å². The van der Waals surface area contributed by atoms with E-state index < -0.39 is 48.4 Å². The van der Waals surface area contributed by atoms with Gasteiger partial charge >= 0.3 is 0 Å². The second-order valence-corrected chi connectivity index (χ2v) is 49.2. The average molecular weight is 766 g/mol. The lowest BCUT2D eigenvalue weighted by Crippen LogP contribution is -2.60. The number of rotatable bonds is 4. The summed E-state index contributed by atoms with van der Waals surface area (Å²) in [6.07, 6.45) is 0. The highest BCUT2D eigenvalue weighted by Crippen LogP contribution is 2.37. The first-order valence-corrected chi connectivity index (χ1v) is 38.4. The van der Waals surface area contributed by atoms with Crippen LogP contribution in [-0.2, 0) is 0 Å². The van der Waals surface area contributed by atoms with E-state index >= 15 is 0 Å². The van der Waals surface area contributed by atoms with Crippen LogP contribution in [0.2, 0.25) is 125 Å². The Morgan fingerprint density at radius 3 is 0.580 bits per heavy atom. The summed E-state index contributed by atoms with van der Waals surface area (Å²) in [4.78, 5) is 0. The Balaban J connectivity index is 1.53. The van der Waals surface area contributed by atoms with Crippen molar-refractivity contribution in [3.63, 3.8) is 0 Å². The Kier molecular flexibility index (Phi) is 13.0. The monoisotopic (exact) mass is 764 g/mol. The molecule has 0 unspecified atom stereocenters. The summed E-state index contributed by atoms with van der Waals surface area (Å²) >= 11 is 0. The lowest BCUT2D eigenvalue weighted by molar-refractivity contribution is 1.12. The molecule has 0 nitrogen and oxygen atoms in total. The zero-order valence-corrected chi connectivity index (χ0v) is 39.0.